The largest absolute Gasteiger partial charge is 0.391 e. The molecule has 2 rings (SSSR count). The minimum Gasteiger partial charge on any atom is -0.391 e. The molecule has 0 aliphatic heterocycles. The monoisotopic (exact) mass is 360 g/mol. The lowest BCUT2D eigenvalue weighted by Crippen LogP contribution is -2.26. The van der Waals surface area contributed by atoms with E-state index in [1.54, 1.807) is 16.7 Å². The van der Waals surface area contributed by atoms with Crippen LogP contribution in [0.15, 0.2) is 22.4 Å². The van der Waals surface area contributed by atoms with Crippen LogP contribution in [0.25, 0.3) is 0 Å². The van der Waals surface area contributed by atoms with Gasteiger partial charge in [0, 0.05) is 19.3 Å². The minimum atomic E-state index is 0.546. The Bertz CT molecular complexity index is 524. The first-order valence-electron chi connectivity index (χ1n) is 11.1. The van der Waals surface area contributed by atoms with Gasteiger partial charge in [-0.25, -0.2) is 0 Å². The van der Waals surface area contributed by atoms with E-state index in [2.05, 4.69) is 58.9 Å². The Labute approximate surface area is 163 Å². The van der Waals surface area contributed by atoms with E-state index < -0.39 is 0 Å². The third-order valence-corrected chi connectivity index (χ3v) is 6.82. The minimum absolute atomic E-state index is 0.546. The molecular weight excluding hydrogens is 316 g/mol. The number of nitrogens with one attached hydrogen (secondary N) is 1. The number of rotatable bonds is 12. The second-order valence-electron chi connectivity index (χ2n) is 9.46. The fourth-order valence-corrected chi connectivity index (χ4v) is 4.39. The van der Waals surface area contributed by atoms with E-state index in [1.807, 2.05) is 0 Å². The highest BCUT2D eigenvalue weighted by molar-refractivity contribution is 5.41. The first-order chi connectivity index (χ1) is 12.3. The standard InChI is InChI=1S/C24H44N2/c1-8-10-11-14-26(7)17-22(23(25-6)16-24(5)12-13-24)19(4)20(9-2)21-15-18(21)3/h18,21,25H,8-17H2,1-7H3/b20-19+,23-22+/t18-,21?/m1/s1. The number of unbranched alkanes of at least 4 members (excludes halogenated alkanes) is 2. The third-order valence-electron chi connectivity index (χ3n) is 6.82. The summed E-state index contributed by atoms with van der Waals surface area (Å²) in [5.41, 5.74) is 6.96. The van der Waals surface area contributed by atoms with Gasteiger partial charge in [-0.2, -0.15) is 0 Å². The molecule has 0 aromatic carbocycles. The fourth-order valence-electron chi connectivity index (χ4n) is 4.39. The van der Waals surface area contributed by atoms with Crippen LogP contribution in [0.1, 0.15) is 86.0 Å². The first kappa shape index (κ1) is 21.5. The number of hydrogen-bond acceptors (Lipinski definition) is 2. The van der Waals surface area contributed by atoms with Crippen molar-refractivity contribution in [2.45, 2.75) is 86.0 Å². The fraction of sp³-hybridized carbons (Fsp3) is 0.833. The van der Waals surface area contributed by atoms with Gasteiger partial charge in [0.2, 0.25) is 0 Å². The SMILES string of the molecule is CCCCCN(C)CC(=C(/CC1(C)CC1)NC)/C(C)=C(\CC)C1C[C@H]1C. The Kier molecular flexibility index (Phi) is 7.82. The molecule has 2 heteroatoms. The molecule has 2 nitrogen and oxygen atoms in total. The topological polar surface area (TPSA) is 15.3 Å². The summed E-state index contributed by atoms with van der Waals surface area (Å²) in [6.07, 6.45) is 10.6. The maximum atomic E-state index is 3.62. The highest BCUT2D eigenvalue weighted by atomic mass is 15.1. The van der Waals surface area contributed by atoms with Gasteiger partial charge in [0.1, 0.15) is 0 Å². The van der Waals surface area contributed by atoms with E-state index in [9.17, 15) is 0 Å². The van der Waals surface area contributed by atoms with Crippen molar-refractivity contribution < 1.29 is 0 Å². The summed E-state index contributed by atoms with van der Waals surface area (Å²) < 4.78 is 0. The van der Waals surface area contributed by atoms with Gasteiger partial charge in [0.05, 0.1) is 0 Å². The van der Waals surface area contributed by atoms with Gasteiger partial charge in [-0.05, 0) is 87.4 Å². The van der Waals surface area contributed by atoms with Crippen molar-refractivity contribution in [1.82, 2.24) is 10.2 Å². The third kappa shape index (κ3) is 5.87. The summed E-state index contributed by atoms with van der Waals surface area (Å²) in [4.78, 5) is 2.55. The second-order valence-corrected chi connectivity index (χ2v) is 9.46. The predicted octanol–water partition coefficient (Wildman–Crippen LogP) is 6.15. The molecule has 0 aromatic rings. The molecular formula is C24H44N2. The van der Waals surface area contributed by atoms with Crippen molar-refractivity contribution in [3.8, 4) is 0 Å². The zero-order valence-corrected chi connectivity index (χ0v) is 18.7. The molecule has 0 heterocycles. The lowest BCUT2D eigenvalue weighted by atomic mass is 9.90. The molecule has 150 valence electrons. The molecule has 2 saturated carbocycles. The van der Waals surface area contributed by atoms with Crippen molar-refractivity contribution in [3.05, 3.63) is 22.4 Å². The molecule has 0 radical (unpaired) electrons. The van der Waals surface area contributed by atoms with Crippen LogP contribution in [0.2, 0.25) is 0 Å². The molecule has 1 N–H and O–H groups in total. The molecule has 0 amide bonds. The molecule has 2 aliphatic carbocycles. The Hall–Kier alpha value is -0.760. The quantitative estimate of drug-likeness (QED) is 0.331. The number of nitrogens with zero attached hydrogens (tertiary/aromatic N) is 1. The van der Waals surface area contributed by atoms with Crippen LogP contribution in [-0.4, -0.2) is 32.1 Å². The lowest BCUT2D eigenvalue weighted by molar-refractivity contribution is 0.349. The van der Waals surface area contributed by atoms with Gasteiger partial charge in [-0.15, -0.1) is 0 Å². The molecule has 0 bridgehead atoms. The Morgan fingerprint density at radius 1 is 1.19 bits per heavy atom. The maximum Gasteiger partial charge on any atom is 0.0250 e. The van der Waals surface area contributed by atoms with Crippen LogP contribution in [0.5, 0.6) is 0 Å². The average molecular weight is 361 g/mol. The van der Waals surface area contributed by atoms with Crippen LogP contribution in [-0.2, 0) is 0 Å². The Balaban J connectivity index is 2.26. The number of hydrogen-bond donors (Lipinski definition) is 1. The van der Waals surface area contributed by atoms with Crippen molar-refractivity contribution in [2.24, 2.45) is 17.3 Å². The van der Waals surface area contributed by atoms with E-state index in [1.165, 1.54) is 63.6 Å². The lowest BCUT2D eigenvalue weighted by Gasteiger charge is -2.26. The smallest absolute Gasteiger partial charge is 0.0250 e. The summed E-state index contributed by atoms with van der Waals surface area (Å²) in [7, 11) is 4.44. The Morgan fingerprint density at radius 3 is 2.31 bits per heavy atom. The summed E-state index contributed by atoms with van der Waals surface area (Å²) in [5, 5.41) is 3.62. The normalized spacial score (nSPS) is 25.7. The summed E-state index contributed by atoms with van der Waals surface area (Å²) in [6, 6.07) is 0. The molecule has 26 heavy (non-hydrogen) atoms. The van der Waals surface area contributed by atoms with Gasteiger partial charge in [-0.1, -0.05) is 46.1 Å². The van der Waals surface area contributed by atoms with E-state index in [0.29, 0.717) is 5.41 Å². The van der Waals surface area contributed by atoms with Crippen molar-refractivity contribution in [1.29, 1.82) is 0 Å². The molecule has 2 atom stereocenters. The van der Waals surface area contributed by atoms with Crippen LogP contribution in [0.4, 0.5) is 0 Å². The van der Waals surface area contributed by atoms with Gasteiger partial charge >= 0.3 is 0 Å². The van der Waals surface area contributed by atoms with Gasteiger partial charge in [0.15, 0.2) is 0 Å². The highest BCUT2D eigenvalue weighted by Gasteiger charge is 2.39. The highest BCUT2D eigenvalue weighted by Crippen LogP contribution is 2.51. The van der Waals surface area contributed by atoms with E-state index in [-0.39, 0.29) is 0 Å². The maximum absolute atomic E-state index is 3.62. The molecule has 0 spiro atoms. The molecule has 2 fully saturated rings. The average Bonchev–Trinajstić information content (AvgIpc) is 3.51. The van der Waals surface area contributed by atoms with Gasteiger partial charge in [0.25, 0.3) is 0 Å². The molecule has 0 saturated heterocycles. The molecule has 0 aromatic heterocycles. The zero-order valence-electron chi connectivity index (χ0n) is 18.7. The number of likely N-dealkylation sites (N-methyl/N-ethyl adjacent to an activating group) is 1. The second kappa shape index (κ2) is 9.44. The van der Waals surface area contributed by atoms with Crippen LogP contribution < -0.4 is 5.32 Å². The summed E-state index contributed by atoms with van der Waals surface area (Å²) >= 11 is 0. The van der Waals surface area contributed by atoms with Crippen molar-refractivity contribution in [3.63, 3.8) is 0 Å². The van der Waals surface area contributed by atoms with Crippen molar-refractivity contribution in [2.75, 3.05) is 27.2 Å². The van der Waals surface area contributed by atoms with E-state index >= 15 is 0 Å². The summed E-state index contributed by atoms with van der Waals surface area (Å²) in [6.45, 7) is 14.2. The van der Waals surface area contributed by atoms with Crippen molar-refractivity contribution >= 4 is 0 Å². The van der Waals surface area contributed by atoms with Gasteiger partial charge in [-0.3, -0.25) is 0 Å². The van der Waals surface area contributed by atoms with E-state index in [4.69, 9.17) is 0 Å². The molecule has 2 aliphatic rings. The van der Waals surface area contributed by atoms with E-state index in [0.717, 1.165) is 18.4 Å². The zero-order chi connectivity index (χ0) is 19.3. The van der Waals surface area contributed by atoms with Gasteiger partial charge < -0.3 is 10.2 Å². The number of allylic oxidation sites excluding steroid dienone is 2. The van der Waals surface area contributed by atoms with Crippen LogP contribution in [0.3, 0.4) is 0 Å². The predicted molar refractivity (Wildman–Crippen MR) is 115 cm³/mol. The van der Waals surface area contributed by atoms with Crippen LogP contribution in [0, 0.1) is 17.3 Å². The Morgan fingerprint density at radius 2 is 1.85 bits per heavy atom. The molecule has 1 unspecified atom stereocenters. The first-order valence-corrected chi connectivity index (χ1v) is 11.1. The summed E-state index contributed by atoms with van der Waals surface area (Å²) in [5.74, 6) is 1.73. The van der Waals surface area contributed by atoms with Crippen LogP contribution >= 0.6 is 0 Å².